The topological polar surface area (TPSA) is 89.3 Å². The molecule has 0 aromatic heterocycles. The van der Waals surface area contributed by atoms with Gasteiger partial charge in [0.15, 0.2) is 9.84 Å². The van der Waals surface area contributed by atoms with Crippen molar-refractivity contribution in [1.82, 2.24) is 5.32 Å². The number of hydrogen-bond acceptors (Lipinski definition) is 4. The quantitative estimate of drug-likeness (QED) is 0.758. The highest BCUT2D eigenvalue weighted by Gasteiger charge is 2.13. The van der Waals surface area contributed by atoms with Crippen LogP contribution in [0.15, 0.2) is 35.2 Å². The van der Waals surface area contributed by atoms with Crippen molar-refractivity contribution in [3.05, 3.63) is 30.3 Å². The maximum Gasteiger partial charge on any atom is 0.236 e. The van der Waals surface area contributed by atoms with Crippen molar-refractivity contribution in [3.8, 4) is 0 Å². The van der Waals surface area contributed by atoms with Crippen LogP contribution >= 0.6 is 12.4 Å². The molecular formula is C12H19ClN2O3S. The average Bonchev–Trinajstić information content (AvgIpc) is 2.35. The first-order valence-corrected chi connectivity index (χ1v) is 7.40. The number of nitrogens with two attached hydrogens (primary N) is 1. The van der Waals surface area contributed by atoms with Crippen LogP contribution in [0.1, 0.15) is 13.3 Å². The van der Waals surface area contributed by atoms with Gasteiger partial charge in [0, 0.05) is 6.54 Å². The second kappa shape index (κ2) is 8.14. The molecule has 19 heavy (non-hydrogen) atoms. The Morgan fingerprint density at radius 3 is 2.42 bits per heavy atom. The van der Waals surface area contributed by atoms with E-state index in [1.807, 2.05) is 0 Å². The summed E-state index contributed by atoms with van der Waals surface area (Å²) < 4.78 is 23.7. The van der Waals surface area contributed by atoms with Crippen LogP contribution in [0.5, 0.6) is 0 Å². The molecule has 1 atom stereocenters. The number of halogens is 1. The van der Waals surface area contributed by atoms with Crippen LogP contribution in [0.3, 0.4) is 0 Å². The number of rotatable bonds is 6. The summed E-state index contributed by atoms with van der Waals surface area (Å²) in [6, 6.07) is 7.69. The molecule has 1 aromatic carbocycles. The van der Waals surface area contributed by atoms with Crippen LogP contribution < -0.4 is 11.1 Å². The molecule has 0 saturated carbocycles. The molecule has 0 heterocycles. The van der Waals surface area contributed by atoms with Gasteiger partial charge in [-0.1, -0.05) is 18.2 Å². The summed E-state index contributed by atoms with van der Waals surface area (Å²) in [6.07, 6.45) is 0.371. The largest absolute Gasteiger partial charge is 0.355 e. The minimum absolute atomic E-state index is 0. The maximum absolute atomic E-state index is 11.9. The van der Waals surface area contributed by atoms with Gasteiger partial charge in [-0.15, -0.1) is 12.4 Å². The smallest absolute Gasteiger partial charge is 0.236 e. The third kappa shape index (κ3) is 6.04. The van der Waals surface area contributed by atoms with Gasteiger partial charge in [-0.3, -0.25) is 4.79 Å². The summed E-state index contributed by atoms with van der Waals surface area (Å²) in [5.41, 5.74) is 5.36. The van der Waals surface area contributed by atoms with Crippen molar-refractivity contribution in [1.29, 1.82) is 0 Å². The fourth-order valence-corrected chi connectivity index (χ4v) is 2.71. The highest BCUT2D eigenvalue weighted by atomic mass is 35.5. The summed E-state index contributed by atoms with van der Waals surface area (Å²) in [7, 11) is -3.26. The summed E-state index contributed by atoms with van der Waals surface area (Å²) in [6.45, 7) is 1.89. The number of hydrogen-bond donors (Lipinski definition) is 2. The first-order chi connectivity index (χ1) is 8.43. The van der Waals surface area contributed by atoms with E-state index < -0.39 is 15.9 Å². The molecule has 1 rings (SSSR count). The normalized spacial score (nSPS) is 12.3. The van der Waals surface area contributed by atoms with E-state index in [0.717, 1.165) is 0 Å². The van der Waals surface area contributed by atoms with Crippen molar-refractivity contribution in [2.45, 2.75) is 24.3 Å². The zero-order valence-corrected chi connectivity index (χ0v) is 12.3. The van der Waals surface area contributed by atoms with Gasteiger partial charge >= 0.3 is 0 Å². The molecule has 1 amide bonds. The lowest BCUT2D eigenvalue weighted by Gasteiger charge is -2.08. The summed E-state index contributed by atoms with van der Waals surface area (Å²) in [5, 5.41) is 2.58. The first-order valence-electron chi connectivity index (χ1n) is 5.74. The summed E-state index contributed by atoms with van der Waals surface area (Å²) in [5.74, 6) is -0.261. The Balaban J connectivity index is 0.00000324. The van der Waals surface area contributed by atoms with Gasteiger partial charge in [0.1, 0.15) is 0 Å². The SMILES string of the molecule is C[C@H](N)C(=O)NCCCS(=O)(=O)c1ccccc1.Cl. The Morgan fingerprint density at radius 2 is 1.89 bits per heavy atom. The Morgan fingerprint density at radius 1 is 1.32 bits per heavy atom. The van der Waals surface area contributed by atoms with Crippen molar-refractivity contribution in [3.63, 3.8) is 0 Å². The molecule has 0 radical (unpaired) electrons. The van der Waals surface area contributed by atoms with E-state index in [0.29, 0.717) is 17.9 Å². The summed E-state index contributed by atoms with van der Waals surface area (Å²) in [4.78, 5) is 11.5. The van der Waals surface area contributed by atoms with Crippen molar-refractivity contribution < 1.29 is 13.2 Å². The standard InChI is InChI=1S/C12H18N2O3S.ClH/c1-10(13)12(15)14-8-5-9-18(16,17)11-6-3-2-4-7-11;/h2-4,6-7,10H,5,8-9,13H2,1H3,(H,14,15);1H/t10-;/m0./s1. The average molecular weight is 307 g/mol. The van der Waals surface area contributed by atoms with E-state index in [1.165, 1.54) is 0 Å². The third-order valence-corrected chi connectivity index (χ3v) is 4.22. The van der Waals surface area contributed by atoms with Crippen LogP contribution in [0.4, 0.5) is 0 Å². The van der Waals surface area contributed by atoms with Gasteiger partial charge in [0.05, 0.1) is 16.7 Å². The molecule has 0 saturated heterocycles. The lowest BCUT2D eigenvalue weighted by Crippen LogP contribution is -2.39. The molecule has 0 unspecified atom stereocenters. The predicted octanol–water partition coefficient (Wildman–Crippen LogP) is 0.736. The van der Waals surface area contributed by atoms with Gasteiger partial charge in [-0.25, -0.2) is 8.42 Å². The molecule has 3 N–H and O–H groups in total. The van der Waals surface area contributed by atoms with E-state index in [-0.39, 0.29) is 24.1 Å². The van der Waals surface area contributed by atoms with Crippen LogP contribution in [-0.4, -0.2) is 32.7 Å². The fraction of sp³-hybridized carbons (Fsp3) is 0.417. The number of carbonyl (C=O) groups is 1. The van der Waals surface area contributed by atoms with E-state index >= 15 is 0 Å². The number of nitrogens with one attached hydrogen (secondary N) is 1. The van der Waals surface area contributed by atoms with E-state index in [9.17, 15) is 13.2 Å². The van der Waals surface area contributed by atoms with Gasteiger partial charge in [0.2, 0.25) is 5.91 Å². The van der Waals surface area contributed by atoms with Crippen LogP contribution in [-0.2, 0) is 14.6 Å². The zero-order chi connectivity index (χ0) is 13.6. The van der Waals surface area contributed by atoms with Crippen LogP contribution in [0.25, 0.3) is 0 Å². The molecule has 7 heteroatoms. The highest BCUT2D eigenvalue weighted by Crippen LogP contribution is 2.10. The zero-order valence-electron chi connectivity index (χ0n) is 10.7. The lowest BCUT2D eigenvalue weighted by molar-refractivity contribution is -0.121. The Kier molecular flexibility index (Phi) is 7.66. The Bertz CT molecular complexity index is 489. The fourth-order valence-electron chi connectivity index (χ4n) is 1.38. The molecular weight excluding hydrogens is 288 g/mol. The molecule has 5 nitrogen and oxygen atoms in total. The van der Waals surface area contributed by atoms with Crippen LogP contribution in [0.2, 0.25) is 0 Å². The predicted molar refractivity (Wildman–Crippen MR) is 77.0 cm³/mol. The van der Waals surface area contributed by atoms with Crippen LogP contribution in [0, 0.1) is 0 Å². The summed E-state index contributed by atoms with van der Waals surface area (Å²) >= 11 is 0. The number of amides is 1. The highest BCUT2D eigenvalue weighted by molar-refractivity contribution is 7.91. The number of sulfone groups is 1. The van der Waals surface area contributed by atoms with Gasteiger partial charge in [0.25, 0.3) is 0 Å². The van der Waals surface area contributed by atoms with Gasteiger partial charge in [-0.05, 0) is 25.5 Å². The van der Waals surface area contributed by atoms with E-state index in [2.05, 4.69) is 5.32 Å². The monoisotopic (exact) mass is 306 g/mol. The Hall–Kier alpha value is -1.11. The van der Waals surface area contributed by atoms with Crippen molar-refractivity contribution in [2.24, 2.45) is 5.73 Å². The van der Waals surface area contributed by atoms with E-state index in [1.54, 1.807) is 37.3 Å². The van der Waals surface area contributed by atoms with E-state index in [4.69, 9.17) is 5.73 Å². The first kappa shape index (κ1) is 17.9. The molecule has 1 aromatic rings. The number of benzene rings is 1. The third-order valence-electron chi connectivity index (χ3n) is 2.40. The van der Waals surface area contributed by atoms with Gasteiger partial charge in [-0.2, -0.15) is 0 Å². The van der Waals surface area contributed by atoms with Gasteiger partial charge < -0.3 is 11.1 Å². The molecule has 0 aliphatic carbocycles. The molecule has 108 valence electrons. The maximum atomic E-state index is 11.9. The molecule has 0 spiro atoms. The number of carbonyl (C=O) groups excluding carboxylic acids is 1. The van der Waals surface area contributed by atoms with Crippen molar-refractivity contribution in [2.75, 3.05) is 12.3 Å². The molecule has 0 bridgehead atoms. The Labute approximate surface area is 119 Å². The molecule has 0 aliphatic rings. The molecule has 0 fully saturated rings. The van der Waals surface area contributed by atoms with Crippen molar-refractivity contribution >= 4 is 28.2 Å². The minimum Gasteiger partial charge on any atom is -0.355 e. The second-order valence-corrected chi connectivity index (χ2v) is 6.17. The molecule has 0 aliphatic heterocycles. The lowest BCUT2D eigenvalue weighted by atomic mass is 10.3. The minimum atomic E-state index is -3.26. The second-order valence-electron chi connectivity index (χ2n) is 4.07.